The molecule has 0 fully saturated rings. The fourth-order valence-corrected chi connectivity index (χ4v) is 2.55. The van der Waals surface area contributed by atoms with Crippen LogP contribution in [0.3, 0.4) is 0 Å². The van der Waals surface area contributed by atoms with Crippen molar-refractivity contribution in [2.24, 2.45) is 0 Å². The van der Waals surface area contributed by atoms with Crippen molar-refractivity contribution < 1.29 is 18.0 Å². The highest BCUT2D eigenvalue weighted by molar-refractivity contribution is 9.10. The Bertz CT molecular complexity index is 741. The molecule has 1 heterocycles. The fourth-order valence-electron chi connectivity index (χ4n) is 2.26. The average molecular weight is 404 g/mol. The standard InChI is InChI=1S/C16H17BrF3N3O/c1-10-14(17)11(2)23(22-10)8-4-7-21-15(24)12-5-3-6-13(9-12)16(18,19)20/h3,5-6,9H,4,7-8H2,1-2H3,(H,21,24). The second-order valence-electron chi connectivity index (χ2n) is 5.40. The van der Waals surface area contributed by atoms with Gasteiger partial charge < -0.3 is 5.32 Å². The van der Waals surface area contributed by atoms with Crippen LogP contribution in [-0.2, 0) is 12.7 Å². The summed E-state index contributed by atoms with van der Waals surface area (Å²) in [7, 11) is 0. The van der Waals surface area contributed by atoms with Gasteiger partial charge in [0.15, 0.2) is 0 Å². The first kappa shape index (κ1) is 18.5. The molecule has 24 heavy (non-hydrogen) atoms. The van der Waals surface area contributed by atoms with Crippen LogP contribution >= 0.6 is 15.9 Å². The summed E-state index contributed by atoms with van der Waals surface area (Å²) in [6.07, 6.45) is -3.84. The Morgan fingerprint density at radius 1 is 1.33 bits per heavy atom. The maximum atomic E-state index is 12.7. The van der Waals surface area contributed by atoms with E-state index in [-0.39, 0.29) is 5.56 Å². The second-order valence-corrected chi connectivity index (χ2v) is 6.19. The van der Waals surface area contributed by atoms with E-state index in [2.05, 4.69) is 26.3 Å². The molecule has 1 aromatic heterocycles. The number of carbonyl (C=O) groups excluding carboxylic acids is 1. The van der Waals surface area contributed by atoms with Gasteiger partial charge in [0.2, 0.25) is 0 Å². The number of nitrogens with one attached hydrogen (secondary N) is 1. The van der Waals surface area contributed by atoms with Gasteiger partial charge in [-0.3, -0.25) is 9.48 Å². The number of aromatic nitrogens is 2. The fraction of sp³-hybridized carbons (Fsp3) is 0.375. The Kier molecular flexibility index (Phi) is 5.69. The third-order valence-corrected chi connectivity index (χ3v) is 4.73. The molecule has 0 radical (unpaired) electrons. The maximum absolute atomic E-state index is 12.7. The van der Waals surface area contributed by atoms with Gasteiger partial charge in [-0.15, -0.1) is 0 Å². The lowest BCUT2D eigenvalue weighted by molar-refractivity contribution is -0.137. The van der Waals surface area contributed by atoms with Gasteiger partial charge in [-0.05, 0) is 54.4 Å². The molecule has 0 saturated heterocycles. The van der Waals surface area contributed by atoms with Crippen molar-refractivity contribution in [1.29, 1.82) is 0 Å². The van der Waals surface area contributed by atoms with E-state index in [1.54, 1.807) is 0 Å². The number of aryl methyl sites for hydroxylation is 2. The molecule has 1 aromatic carbocycles. The monoisotopic (exact) mass is 403 g/mol. The van der Waals surface area contributed by atoms with Crippen LogP contribution in [0.4, 0.5) is 13.2 Å². The van der Waals surface area contributed by atoms with Crippen LogP contribution in [-0.4, -0.2) is 22.2 Å². The average Bonchev–Trinajstić information content (AvgIpc) is 2.78. The number of halogens is 4. The van der Waals surface area contributed by atoms with E-state index in [1.165, 1.54) is 12.1 Å². The van der Waals surface area contributed by atoms with Crippen LogP contribution in [0.5, 0.6) is 0 Å². The lowest BCUT2D eigenvalue weighted by Crippen LogP contribution is -2.25. The number of rotatable bonds is 5. The van der Waals surface area contributed by atoms with Crippen molar-refractivity contribution in [1.82, 2.24) is 15.1 Å². The molecule has 0 unspecified atom stereocenters. The van der Waals surface area contributed by atoms with E-state index in [1.807, 2.05) is 18.5 Å². The van der Waals surface area contributed by atoms with Gasteiger partial charge in [-0.2, -0.15) is 18.3 Å². The summed E-state index contributed by atoms with van der Waals surface area (Å²) < 4.78 is 40.7. The summed E-state index contributed by atoms with van der Waals surface area (Å²) in [6, 6.07) is 4.39. The van der Waals surface area contributed by atoms with Gasteiger partial charge in [0, 0.05) is 24.3 Å². The number of hydrogen-bond acceptors (Lipinski definition) is 2. The zero-order valence-electron chi connectivity index (χ0n) is 13.2. The first-order valence-corrected chi connectivity index (χ1v) is 8.14. The van der Waals surface area contributed by atoms with Crippen LogP contribution in [0.1, 0.15) is 33.7 Å². The van der Waals surface area contributed by atoms with Gasteiger partial charge >= 0.3 is 6.18 Å². The zero-order valence-corrected chi connectivity index (χ0v) is 14.8. The Morgan fingerprint density at radius 3 is 2.62 bits per heavy atom. The van der Waals surface area contributed by atoms with Gasteiger partial charge in [-0.1, -0.05) is 6.07 Å². The molecule has 0 aliphatic rings. The Hall–Kier alpha value is -1.83. The van der Waals surface area contributed by atoms with Crippen LogP contribution in [0.2, 0.25) is 0 Å². The van der Waals surface area contributed by atoms with Gasteiger partial charge in [0.25, 0.3) is 5.91 Å². The highest BCUT2D eigenvalue weighted by Gasteiger charge is 2.30. The number of amides is 1. The molecule has 0 saturated carbocycles. The van der Waals surface area contributed by atoms with Crippen molar-refractivity contribution in [3.05, 3.63) is 51.3 Å². The minimum absolute atomic E-state index is 0.00122. The zero-order chi connectivity index (χ0) is 17.9. The minimum atomic E-state index is -4.46. The van der Waals surface area contributed by atoms with Crippen molar-refractivity contribution in [3.8, 4) is 0 Å². The molecule has 2 rings (SSSR count). The van der Waals surface area contributed by atoms with Gasteiger partial charge in [0.1, 0.15) is 0 Å². The summed E-state index contributed by atoms with van der Waals surface area (Å²) in [5.41, 5.74) is 1.05. The number of benzene rings is 1. The van der Waals surface area contributed by atoms with E-state index >= 15 is 0 Å². The number of alkyl halides is 3. The number of hydrogen-bond donors (Lipinski definition) is 1. The van der Waals surface area contributed by atoms with E-state index in [0.29, 0.717) is 19.5 Å². The predicted molar refractivity (Wildman–Crippen MR) is 87.8 cm³/mol. The molecule has 4 nitrogen and oxygen atoms in total. The smallest absolute Gasteiger partial charge is 0.352 e. The van der Waals surface area contributed by atoms with E-state index in [0.717, 1.165) is 28.0 Å². The molecule has 0 spiro atoms. The van der Waals surface area contributed by atoms with Crippen molar-refractivity contribution in [2.75, 3.05) is 6.54 Å². The molecular weight excluding hydrogens is 387 g/mol. The van der Waals surface area contributed by atoms with Crippen LogP contribution in [0, 0.1) is 13.8 Å². The highest BCUT2D eigenvalue weighted by atomic mass is 79.9. The Labute approximate surface area is 146 Å². The third kappa shape index (κ3) is 4.37. The van der Waals surface area contributed by atoms with Crippen molar-refractivity contribution >= 4 is 21.8 Å². The van der Waals surface area contributed by atoms with Crippen LogP contribution in [0.15, 0.2) is 28.7 Å². The molecule has 0 aliphatic carbocycles. The first-order chi connectivity index (χ1) is 11.2. The quantitative estimate of drug-likeness (QED) is 0.763. The lowest BCUT2D eigenvalue weighted by Gasteiger charge is -2.09. The third-order valence-electron chi connectivity index (χ3n) is 3.58. The molecule has 2 aromatic rings. The van der Waals surface area contributed by atoms with E-state index < -0.39 is 17.6 Å². The maximum Gasteiger partial charge on any atom is 0.416 e. The predicted octanol–water partition coefficient (Wildman–Crippen LogP) is 4.10. The second kappa shape index (κ2) is 7.38. The summed E-state index contributed by atoms with van der Waals surface area (Å²) in [5.74, 6) is -0.518. The van der Waals surface area contributed by atoms with E-state index in [4.69, 9.17) is 0 Å². The molecule has 0 bridgehead atoms. The van der Waals surface area contributed by atoms with Crippen molar-refractivity contribution in [3.63, 3.8) is 0 Å². The molecule has 8 heteroatoms. The van der Waals surface area contributed by atoms with Crippen LogP contribution in [0.25, 0.3) is 0 Å². The molecule has 130 valence electrons. The summed E-state index contributed by atoms with van der Waals surface area (Å²) in [4.78, 5) is 12.0. The summed E-state index contributed by atoms with van der Waals surface area (Å²) in [5, 5.41) is 6.98. The number of nitrogens with zero attached hydrogens (tertiary/aromatic N) is 2. The Balaban J connectivity index is 1.88. The van der Waals surface area contributed by atoms with Gasteiger partial charge in [-0.25, -0.2) is 0 Å². The topological polar surface area (TPSA) is 46.9 Å². The van der Waals surface area contributed by atoms with E-state index in [9.17, 15) is 18.0 Å². The number of carbonyl (C=O) groups is 1. The largest absolute Gasteiger partial charge is 0.416 e. The summed E-state index contributed by atoms with van der Waals surface area (Å²) in [6.45, 7) is 4.79. The first-order valence-electron chi connectivity index (χ1n) is 7.35. The molecule has 0 aliphatic heterocycles. The normalized spacial score (nSPS) is 11.6. The van der Waals surface area contributed by atoms with Crippen molar-refractivity contribution in [2.45, 2.75) is 33.0 Å². The molecular formula is C16H17BrF3N3O. The minimum Gasteiger partial charge on any atom is -0.352 e. The van der Waals surface area contributed by atoms with Crippen LogP contribution < -0.4 is 5.32 Å². The Morgan fingerprint density at radius 2 is 2.04 bits per heavy atom. The molecule has 1 amide bonds. The highest BCUT2D eigenvalue weighted by Crippen LogP contribution is 2.29. The lowest BCUT2D eigenvalue weighted by atomic mass is 10.1. The molecule has 0 atom stereocenters. The van der Waals surface area contributed by atoms with Gasteiger partial charge in [0.05, 0.1) is 15.7 Å². The summed E-state index contributed by atoms with van der Waals surface area (Å²) >= 11 is 3.44. The molecule has 1 N–H and O–H groups in total. The SMILES string of the molecule is Cc1nn(CCCNC(=O)c2cccc(C(F)(F)F)c2)c(C)c1Br.